The summed E-state index contributed by atoms with van der Waals surface area (Å²) in [4.78, 5) is 6.85. The van der Waals surface area contributed by atoms with Gasteiger partial charge in [-0.3, -0.25) is 0 Å². The molecule has 14 rings (SSSR count). The monoisotopic (exact) mass is 1100 g/mol. The number of hydrogen-bond acceptors (Lipinski definition) is 3. The van der Waals surface area contributed by atoms with Gasteiger partial charge in [-0.05, 0) is 178 Å². The number of anilines is 9. The molecule has 1 aliphatic carbocycles. The average molecular weight is 1110 g/mol. The first-order valence-electron chi connectivity index (χ1n) is 32.5. The summed E-state index contributed by atoms with van der Waals surface area (Å²) in [5, 5.41) is 0. The van der Waals surface area contributed by atoms with Crippen LogP contribution >= 0.6 is 0 Å². The molecule has 0 atom stereocenters. The third-order valence-corrected chi connectivity index (χ3v) is 18.2. The highest BCUT2D eigenvalue weighted by Gasteiger charge is 2.45. The van der Waals surface area contributed by atoms with Crippen molar-refractivity contribution in [1.29, 1.82) is 0 Å². The van der Waals surface area contributed by atoms with Gasteiger partial charge in [-0.2, -0.15) is 0 Å². The van der Waals surface area contributed by atoms with E-state index >= 15 is 0 Å². The van der Waals surface area contributed by atoms with Crippen LogP contribution in [0.1, 0.15) is 111 Å². The van der Waals surface area contributed by atoms with Crippen LogP contribution in [0.15, 0.2) is 249 Å². The second-order valence-electron chi connectivity index (χ2n) is 27.1. The molecular formula is C81H74BN3. The van der Waals surface area contributed by atoms with Crippen LogP contribution in [-0.4, -0.2) is 6.71 Å². The van der Waals surface area contributed by atoms with E-state index in [0.29, 0.717) is 11.4 Å². The first-order chi connectivity index (χ1) is 42.9. The molecule has 0 bridgehead atoms. The Balaban J connectivity index is 1.07. The Hall–Kier alpha value is -9.12. The van der Waals surface area contributed by atoms with Crippen LogP contribution < -0.4 is 31.1 Å². The van der Waals surface area contributed by atoms with Gasteiger partial charge in [0.25, 0.3) is 6.71 Å². The summed E-state index contributed by atoms with van der Waals surface area (Å²) in [5.74, 6) is 0. The van der Waals surface area contributed by atoms with Gasteiger partial charge < -0.3 is 14.7 Å². The zero-order valence-electron chi connectivity index (χ0n) is 55.7. The first-order valence-corrected chi connectivity index (χ1v) is 30.0. The molecule has 0 aromatic heterocycles. The van der Waals surface area contributed by atoms with E-state index in [4.69, 9.17) is 4.11 Å². The van der Waals surface area contributed by atoms with E-state index in [1.807, 2.05) is 17.0 Å². The van der Waals surface area contributed by atoms with Crippen LogP contribution in [0.2, 0.25) is 0 Å². The van der Waals surface area contributed by atoms with Gasteiger partial charge in [0.2, 0.25) is 0 Å². The van der Waals surface area contributed by atoms with E-state index < -0.39 is 18.1 Å². The quantitative estimate of drug-likeness (QED) is 0.140. The van der Waals surface area contributed by atoms with Crippen molar-refractivity contribution in [3.8, 4) is 44.5 Å². The summed E-state index contributed by atoms with van der Waals surface area (Å²) in [5.41, 5.74) is 25.7. The fraction of sp³-hybridized carbons (Fsp3) is 0.185. The molecule has 11 aromatic rings. The molecular weight excluding hydrogens is 1030 g/mol. The molecule has 85 heavy (non-hydrogen) atoms. The zero-order valence-corrected chi connectivity index (χ0v) is 50.7. The molecule has 0 fully saturated rings. The van der Waals surface area contributed by atoms with Crippen molar-refractivity contribution in [3.63, 3.8) is 0 Å². The lowest BCUT2D eigenvalue weighted by atomic mass is 9.33. The van der Waals surface area contributed by atoms with Crippen molar-refractivity contribution in [1.82, 2.24) is 0 Å². The summed E-state index contributed by atoms with van der Waals surface area (Å²) >= 11 is 0. The predicted octanol–water partition coefficient (Wildman–Crippen LogP) is 20.4. The normalized spacial score (nSPS) is 14.7. The van der Waals surface area contributed by atoms with Crippen LogP contribution in [0, 0.1) is 0 Å². The van der Waals surface area contributed by atoms with Crippen molar-refractivity contribution < 1.29 is 6.85 Å². The lowest BCUT2D eigenvalue weighted by Crippen LogP contribution is -2.61. The molecule has 4 heteroatoms. The topological polar surface area (TPSA) is 9.72 Å². The third-order valence-electron chi connectivity index (χ3n) is 18.2. The molecule has 11 aromatic carbocycles. The molecule has 0 amide bonds. The Labute approximate surface area is 512 Å². The molecule has 0 unspecified atom stereocenters. The van der Waals surface area contributed by atoms with Crippen molar-refractivity contribution in [2.45, 2.75) is 97.8 Å². The van der Waals surface area contributed by atoms with E-state index in [2.05, 4.69) is 292 Å². The summed E-state index contributed by atoms with van der Waals surface area (Å²) < 4.78 is 46.0. The number of nitrogens with zero attached hydrogens (tertiary/aromatic N) is 3. The van der Waals surface area contributed by atoms with E-state index in [-0.39, 0.29) is 46.1 Å². The maximum absolute atomic E-state index is 9.59. The van der Waals surface area contributed by atoms with Gasteiger partial charge in [-0.1, -0.05) is 246 Å². The Morgan fingerprint density at radius 3 is 1.62 bits per heavy atom. The number of fused-ring (bicyclic) bond motifs is 7. The maximum Gasteiger partial charge on any atom is 0.252 e. The molecule has 416 valence electrons. The molecule has 2 heterocycles. The van der Waals surface area contributed by atoms with Crippen LogP contribution in [-0.2, 0) is 21.7 Å². The van der Waals surface area contributed by atoms with Crippen LogP contribution in [0.3, 0.4) is 0 Å². The minimum absolute atomic E-state index is 0.0756. The molecule has 0 spiro atoms. The number of benzene rings is 11. The second-order valence-corrected chi connectivity index (χ2v) is 27.1. The van der Waals surface area contributed by atoms with Gasteiger partial charge in [0.15, 0.2) is 0 Å². The largest absolute Gasteiger partial charge is 0.311 e. The van der Waals surface area contributed by atoms with E-state index in [9.17, 15) is 2.74 Å². The maximum atomic E-state index is 9.59. The van der Waals surface area contributed by atoms with Gasteiger partial charge in [0.1, 0.15) is 0 Å². The number of para-hydroxylation sites is 1. The third kappa shape index (κ3) is 9.12. The van der Waals surface area contributed by atoms with Crippen LogP contribution in [0.5, 0.6) is 0 Å². The van der Waals surface area contributed by atoms with Gasteiger partial charge in [0.05, 0.1) is 12.5 Å². The first kappa shape index (κ1) is 48.3. The molecule has 2 aliphatic heterocycles. The zero-order chi connectivity index (χ0) is 63.1. The van der Waals surface area contributed by atoms with Crippen molar-refractivity contribution >= 4 is 74.3 Å². The smallest absolute Gasteiger partial charge is 0.252 e. The van der Waals surface area contributed by atoms with Gasteiger partial charge in [-0.15, -0.1) is 0 Å². The highest BCUT2D eigenvalue weighted by molar-refractivity contribution is 7.00. The van der Waals surface area contributed by atoms with Crippen molar-refractivity contribution in [3.05, 3.63) is 276 Å². The number of rotatable bonds is 8. The number of hydrogen-bond donors (Lipinski definition) is 0. The second kappa shape index (κ2) is 20.0. The Bertz CT molecular complexity index is 4660. The van der Waals surface area contributed by atoms with Gasteiger partial charge in [-0.25, -0.2) is 0 Å². The molecule has 0 saturated heterocycles. The molecule has 0 saturated carbocycles. The standard InChI is InChI=1S/C81H74BN3/c1-78(2,3)57-37-42-61(43-38-57)83(60-28-19-14-20-29-60)63-44-45-69-73(52-63)85(71-47-39-58(79(4,5)6)49-67(71)54-26-17-13-18-27-54)75-51-59(80(7,8)9)50-74-77(75)82(69)70-48-56(53-24-15-12-16-25-53)36-46-72(70)84(74)62-40-34-55(35-41-62)64-31-23-32-66-65-30-21-22-33-68(65)81(10,11)76(64)66/h12-52H,1-11H3/i14D,19D,20D,28D,29D. The Morgan fingerprint density at radius 2 is 0.941 bits per heavy atom. The Kier molecular flexibility index (Phi) is 11.4. The van der Waals surface area contributed by atoms with Gasteiger partial charge >= 0.3 is 0 Å². The lowest BCUT2D eigenvalue weighted by Gasteiger charge is -2.46. The van der Waals surface area contributed by atoms with E-state index in [0.717, 1.165) is 72.9 Å². The van der Waals surface area contributed by atoms with Crippen LogP contribution in [0.25, 0.3) is 44.5 Å². The van der Waals surface area contributed by atoms with Crippen molar-refractivity contribution in [2.75, 3.05) is 14.7 Å². The average Bonchev–Trinajstić information content (AvgIpc) is 0.804. The molecule has 0 N–H and O–H groups in total. The van der Waals surface area contributed by atoms with Gasteiger partial charge in [0, 0.05) is 56.5 Å². The highest BCUT2D eigenvalue weighted by atomic mass is 15.2. The van der Waals surface area contributed by atoms with E-state index in [1.165, 1.54) is 50.0 Å². The predicted molar refractivity (Wildman–Crippen MR) is 365 cm³/mol. The summed E-state index contributed by atoms with van der Waals surface area (Å²) in [6.45, 7) is 24.7. The summed E-state index contributed by atoms with van der Waals surface area (Å²) in [6, 6.07) is 78.1. The fourth-order valence-electron chi connectivity index (χ4n) is 13.7. The fourth-order valence-corrected chi connectivity index (χ4v) is 13.7. The van der Waals surface area contributed by atoms with E-state index in [1.54, 1.807) is 0 Å². The Morgan fingerprint density at radius 1 is 0.376 bits per heavy atom. The molecule has 3 aliphatic rings. The highest BCUT2D eigenvalue weighted by Crippen LogP contribution is 2.54. The summed E-state index contributed by atoms with van der Waals surface area (Å²) in [7, 11) is 0. The molecule has 3 nitrogen and oxygen atoms in total. The van der Waals surface area contributed by atoms with Crippen LogP contribution in [0.4, 0.5) is 51.2 Å². The SMILES string of the molecule is [2H]c1c([2H])c([2H])c(N(c2ccc(C(C)(C)C)cc2)c2ccc3c(c2)N(c2ccc(C(C)(C)C)cc2-c2ccccc2)c2cc(C(C)(C)C)cc4c2B3c2cc(-c3ccccc3)ccc2N4c2ccc(-c3cccc4c3C(C)(C)c3ccccc3-4)cc2)c([2H])c1[2H]. The summed E-state index contributed by atoms with van der Waals surface area (Å²) in [6.07, 6.45) is 0. The minimum Gasteiger partial charge on any atom is -0.311 e. The lowest BCUT2D eigenvalue weighted by molar-refractivity contribution is 0.590. The minimum atomic E-state index is -0.437. The van der Waals surface area contributed by atoms with Crippen molar-refractivity contribution in [2.24, 2.45) is 0 Å². The molecule has 0 radical (unpaired) electrons.